The standard InChI is InChI=1S/C9H12N2O3/c12-6-1-3-8-10(6)5-11-7(13)2-4-9(11)14-8/h8-9H,1-5H2/t8-,9+. The number of carbonyl (C=O) groups is 2. The van der Waals surface area contributed by atoms with Gasteiger partial charge in [0, 0.05) is 25.7 Å². The summed E-state index contributed by atoms with van der Waals surface area (Å²) < 4.78 is 5.69. The summed E-state index contributed by atoms with van der Waals surface area (Å²) in [5.74, 6) is 0.210. The third kappa shape index (κ3) is 0.987. The monoisotopic (exact) mass is 196 g/mol. The number of ether oxygens (including phenoxy) is 1. The number of rotatable bonds is 0. The van der Waals surface area contributed by atoms with E-state index < -0.39 is 0 Å². The summed E-state index contributed by atoms with van der Waals surface area (Å²) in [6, 6.07) is 0. The van der Waals surface area contributed by atoms with Crippen LogP contribution in [0.25, 0.3) is 0 Å². The number of nitrogens with zero attached hydrogens (tertiary/aromatic N) is 2. The summed E-state index contributed by atoms with van der Waals surface area (Å²) in [5, 5.41) is 0. The Bertz CT molecular complexity index is 276. The Hall–Kier alpha value is -1.10. The highest BCUT2D eigenvalue weighted by Crippen LogP contribution is 2.32. The molecular weight excluding hydrogens is 184 g/mol. The van der Waals surface area contributed by atoms with Crippen molar-refractivity contribution in [3.63, 3.8) is 0 Å². The molecule has 3 fully saturated rings. The molecule has 14 heavy (non-hydrogen) atoms. The second kappa shape index (κ2) is 2.70. The Labute approximate surface area is 81.6 Å². The largest absolute Gasteiger partial charge is 0.335 e. The minimum Gasteiger partial charge on any atom is -0.335 e. The molecule has 3 aliphatic rings. The van der Waals surface area contributed by atoms with Gasteiger partial charge in [-0.05, 0) is 0 Å². The fraction of sp³-hybridized carbons (Fsp3) is 0.778. The first-order valence-electron chi connectivity index (χ1n) is 5.00. The number of hydrogen-bond acceptors (Lipinski definition) is 3. The molecule has 0 saturated carbocycles. The molecule has 0 radical (unpaired) electrons. The minimum atomic E-state index is -0.0744. The molecule has 3 rings (SSSR count). The summed E-state index contributed by atoms with van der Waals surface area (Å²) in [6.07, 6.45) is 2.51. The third-order valence-electron chi connectivity index (χ3n) is 3.17. The molecule has 0 aromatic rings. The van der Waals surface area contributed by atoms with Gasteiger partial charge in [0.05, 0.1) is 0 Å². The Kier molecular flexibility index (Phi) is 1.58. The molecule has 3 saturated heterocycles. The molecule has 5 nitrogen and oxygen atoms in total. The highest BCUT2D eigenvalue weighted by atomic mass is 16.5. The van der Waals surface area contributed by atoms with Gasteiger partial charge in [0.25, 0.3) is 0 Å². The molecule has 3 heterocycles. The van der Waals surface area contributed by atoms with E-state index in [9.17, 15) is 9.59 Å². The maximum Gasteiger partial charge on any atom is 0.226 e. The number of amides is 2. The maximum absolute atomic E-state index is 11.4. The van der Waals surface area contributed by atoms with Crippen molar-refractivity contribution in [3.05, 3.63) is 0 Å². The predicted octanol–water partition coefficient (Wildman–Crippen LogP) is -0.129. The van der Waals surface area contributed by atoms with Gasteiger partial charge in [-0.3, -0.25) is 19.4 Å². The van der Waals surface area contributed by atoms with Crippen molar-refractivity contribution in [1.29, 1.82) is 0 Å². The van der Waals surface area contributed by atoms with Crippen molar-refractivity contribution in [1.82, 2.24) is 9.80 Å². The van der Waals surface area contributed by atoms with Crippen molar-refractivity contribution >= 4 is 11.8 Å². The van der Waals surface area contributed by atoms with Crippen LogP contribution in [0.2, 0.25) is 0 Å². The van der Waals surface area contributed by atoms with Gasteiger partial charge < -0.3 is 4.74 Å². The zero-order valence-electron chi connectivity index (χ0n) is 7.81. The van der Waals surface area contributed by atoms with Gasteiger partial charge in [-0.2, -0.15) is 0 Å². The third-order valence-corrected chi connectivity index (χ3v) is 3.17. The first-order chi connectivity index (χ1) is 6.75. The van der Waals surface area contributed by atoms with Crippen molar-refractivity contribution in [2.75, 3.05) is 6.67 Å². The van der Waals surface area contributed by atoms with E-state index in [1.807, 2.05) is 0 Å². The van der Waals surface area contributed by atoms with Gasteiger partial charge >= 0.3 is 0 Å². The second-order valence-corrected chi connectivity index (χ2v) is 3.99. The van der Waals surface area contributed by atoms with E-state index in [1.54, 1.807) is 9.80 Å². The van der Waals surface area contributed by atoms with E-state index in [2.05, 4.69) is 0 Å². The number of carbonyl (C=O) groups excluding carboxylic acids is 2. The Morgan fingerprint density at radius 2 is 1.50 bits per heavy atom. The van der Waals surface area contributed by atoms with Crippen molar-refractivity contribution in [2.45, 2.75) is 38.1 Å². The van der Waals surface area contributed by atoms with Crippen LogP contribution in [-0.2, 0) is 14.3 Å². The van der Waals surface area contributed by atoms with E-state index in [0.29, 0.717) is 19.5 Å². The molecule has 0 unspecified atom stereocenters. The van der Waals surface area contributed by atoms with Gasteiger partial charge in [-0.15, -0.1) is 0 Å². The van der Waals surface area contributed by atoms with Crippen LogP contribution in [-0.4, -0.2) is 40.7 Å². The van der Waals surface area contributed by atoms with E-state index in [4.69, 9.17) is 4.74 Å². The van der Waals surface area contributed by atoms with Gasteiger partial charge in [-0.1, -0.05) is 0 Å². The molecule has 0 bridgehead atoms. The zero-order chi connectivity index (χ0) is 9.71. The lowest BCUT2D eigenvalue weighted by Crippen LogP contribution is -2.54. The van der Waals surface area contributed by atoms with Crippen LogP contribution in [0.1, 0.15) is 25.7 Å². The van der Waals surface area contributed by atoms with E-state index in [-0.39, 0.29) is 24.3 Å². The highest BCUT2D eigenvalue weighted by Gasteiger charge is 2.44. The van der Waals surface area contributed by atoms with E-state index in [0.717, 1.165) is 12.8 Å². The molecule has 0 aromatic heterocycles. The Morgan fingerprint density at radius 3 is 2.00 bits per heavy atom. The molecule has 5 heteroatoms. The van der Waals surface area contributed by atoms with Gasteiger partial charge in [0.2, 0.25) is 11.8 Å². The van der Waals surface area contributed by atoms with Crippen LogP contribution in [0, 0.1) is 0 Å². The minimum absolute atomic E-state index is 0.0744. The van der Waals surface area contributed by atoms with Crippen LogP contribution < -0.4 is 0 Å². The summed E-state index contributed by atoms with van der Waals surface area (Å²) in [6.45, 7) is 0.438. The van der Waals surface area contributed by atoms with Crippen LogP contribution >= 0.6 is 0 Å². The average molecular weight is 196 g/mol. The molecule has 2 atom stereocenters. The van der Waals surface area contributed by atoms with Crippen LogP contribution in [0.5, 0.6) is 0 Å². The second-order valence-electron chi connectivity index (χ2n) is 3.99. The topological polar surface area (TPSA) is 49.9 Å². The smallest absolute Gasteiger partial charge is 0.226 e. The Balaban J connectivity index is 1.83. The normalized spacial score (nSPS) is 36.3. The van der Waals surface area contributed by atoms with Crippen molar-refractivity contribution in [3.8, 4) is 0 Å². The zero-order valence-corrected chi connectivity index (χ0v) is 7.81. The fourth-order valence-electron chi connectivity index (χ4n) is 2.38. The Morgan fingerprint density at radius 1 is 1.00 bits per heavy atom. The SMILES string of the molecule is O=C1CC[C@@H]2O[C@@H]3CCC(=O)N3CN12. The maximum atomic E-state index is 11.4. The van der Waals surface area contributed by atoms with Crippen molar-refractivity contribution < 1.29 is 14.3 Å². The van der Waals surface area contributed by atoms with Crippen LogP contribution in [0.3, 0.4) is 0 Å². The molecule has 76 valence electrons. The quantitative estimate of drug-likeness (QED) is 0.542. The molecular formula is C9H12N2O3. The number of fused-ring (bicyclic) bond motifs is 2. The first kappa shape index (κ1) is 8.23. The summed E-state index contributed by atoms with van der Waals surface area (Å²) in [7, 11) is 0. The van der Waals surface area contributed by atoms with Crippen molar-refractivity contribution in [2.24, 2.45) is 0 Å². The first-order valence-corrected chi connectivity index (χ1v) is 5.00. The molecule has 0 aliphatic carbocycles. The fourth-order valence-corrected chi connectivity index (χ4v) is 2.38. The molecule has 0 N–H and O–H groups in total. The molecule has 2 amide bonds. The number of hydrogen-bond donors (Lipinski definition) is 0. The van der Waals surface area contributed by atoms with Crippen LogP contribution in [0.4, 0.5) is 0 Å². The summed E-state index contributed by atoms with van der Waals surface area (Å²) in [5.41, 5.74) is 0. The van der Waals surface area contributed by atoms with E-state index in [1.165, 1.54) is 0 Å². The van der Waals surface area contributed by atoms with Gasteiger partial charge in [-0.25, -0.2) is 0 Å². The molecule has 0 aromatic carbocycles. The lowest BCUT2D eigenvalue weighted by atomic mass is 10.3. The predicted molar refractivity (Wildman–Crippen MR) is 45.7 cm³/mol. The highest BCUT2D eigenvalue weighted by molar-refractivity contribution is 5.81. The molecule has 3 aliphatic heterocycles. The summed E-state index contributed by atoms with van der Waals surface area (Å²) >= 11 is 0. The summed E-state index contributed by atoms with van der Waals surface area (Å²) in [4.78, 5) is 26.2. The lowest BCUT2D eigenvalue weighted by Gasteiger charge is -2.39. The van der Waals surface area contributed by atoms with Gasteiger partial charge in [0.1, 0.15) is 19.1 Å². The lowest BCUT2D eigenvalue weighted by molar-refractivity contribution is -0.199. The van der Waals surface area contributed by atoms with Crippen LogP contribution in [0.15, 0.2) is 0 Å². The van der Waals surface area contributed by atoms with E-state index >= 15 is 0 Å². The molecule has 0 spiro atoms. The van der Waals surface area contributed by atoms with Gasteiger partial charge in [0.15, 0.2) is 0 Å². The average Bonchev–Trinajstić information content (AvgIpc) is 2.71.